The van der Waals surface area contributed by atoms with Gasteiger partial charge in [0.25, 0.3) is 0 Å². The molecule has 8 heteroatoms. The van der Waals surface area contributed by atoms with E-state index in [4.69, 9.17) is 14.2 Å². The lowest BCUT2D eigenvalue weighted by atomic mass is 10.1. The van der Waals surface area contributed by atoms with Crippen LogP contribution in [0.1, 0.15) is 30.9 Å². The van der Waals surface area contributed by atoms with Crippen LogP contribution in [0.3, 0.4) is 0 Å². The highest BCUT2D eigenvalue weighted by molar-refractivity contribution is 5.89. The summed E-state index contributed by atoms with van der Waals surface area (Å²) >= 11 is 0. The second-order valence-electron chi connectivity index (χ2n) is 9.07. The molecule has 0 saturated heterocycles. The minimum atomic E-state index is -0.978. The van der Waals surface area contributed by atoms with Crippen LogP contribution in [0.5, 0.6) is 11.5 Å². The molecule has 0 aliphatic heterocycles. The second kappa shape index (κ2) is 16.0. The van der Waals surface area contributed by atoms with Crippen LogP contribution < -0.4 is 14.8 Å². The number of aryl methyl sites for hydroxylation is 1. The van der Waals surface area contributed by atoms with Crippen LogP contribution in [0.25, 0.3) is 0 Å². The van der Waals surface area contributed by atoms with Gasteiger partial charge in [-0.3, -0.25) is 0 Å². The molecule has 3 aromatic carbocycles. The Balaban J connectivity index is 1.54. The van der Waals surface area contributed by atoms with Crippen molar-refractivity contribution in [2.24, 2.45) is 0 Å². The summed E-state index contributed by atoms with van der Waals surface area (Å²) in [6.07, 6.45) is 2.21. The first-order chi connectivity index (χ1) is 19.0. The Kier molecular flexibility index (Phi) is 12.1. The molecule has 39 heavy (non-hydrogen) atoms. The Labute approximate surface area is 230 Å². The number of benzene rings is 3. The molecule has 1 atom stereocenters. The van der Waals surface area contributed by atoms with Gasteiger partial charge in [-0.15, -0.1) is 0 Å². The lowest BCUT2D eigenvalue weighted by Crippen LogP contribution is -2.38. The summed E-state index contributed by atoms with van der Waals surface area (Å²) in [6, 6.07) is 24.6. The van der Waals surface area contributed by atoms with E-state index in [0.717, 1.165) is 30.6 Å². The minimum absolute atomic E-state index is 0.186. The van der Waals surface area contributed by atoms with Crippen LogP contribution in [-0.2, 0) is 22.4 Å². The van der Waals surface area contributed by atoms with Gasteiger partial charge in [0.05, 0.1) is 13.7 Å². The standard InChI is InChI=1S/C31H38N2O6/c1-3-38-29(30(34)35)23-25-12-16-28(17-13-25)39-22-21-33(20-8-7-11-24-9-5-4-6-10-24)31(36)32-26-14-18-27(37-2)19-15-26/h4-6,9-10,12-19,29H,3,7-8,11,20-23H2,1-2H3,(H,32,36)(H,34,35). The van der Waals surface area contributed by atoms with Crippen molar-refractivity contribution in [2.45, 2.75) is 38.7 Å². The van der Waals surface area contributed by atoms with E-state index in [1.165, 1.54) is 5.56 Å². The number of carbonyl (C=O) groups is 2. The van der Waals surface area contributed by atoms with Gasteiger partial charge in [-0.1, -0.05) is 42.5 Å². The largest absolute Gasteiger partial charge is 0.497 e. The Hall–Kier alpha value is -4.04. The molecule has 0 fully saturated rings. The van der Waals surface area contributed by atoms with Crippen LogP contribution >= 0.6 is 0 Å². The molecule has 0 aliphatic rings. The zero-order valence-corrected chi connectivity index (χ0v) is 22.7. The smallest absolute Gasteiger partial charge is 0.333 e. The Bertz CT molecular complexity index is 1140. The summed E-state index contributed by atoms with van der Waals surface area (Å²) < 4.78 is 16.4. The number of unbranched alkanes of at least 4 members (excludes halogenated alkanes) is 1. The number of nitrogens with zero attached hydrogens (tertiary/aromatic N) is 1. The molecule has 0 aromatic heterocycles. The van der Waals surface area contributed by atoms with E-state index >= 15 is 0 Å². The van der Waals surface area contributed by atoms with Gasteiger partial charge in [0.15, 0.2) is 6.10 Å². The third kappa shape index (κ3) is 10.3. The van der Waals surface area contributed by atoms with Gasteiger partial charge in [0.1, 0.15) is 18.1 Å². The maximum atomic E-state index is 13.1. The van der Waals surface area contributed by atoms with E-state index in [9.17, 15) is 14.7 Å². The van der Waals surface area contributed by atoms with Crippen molar-refractivity contribution in [1.29, 1.82) is 0 Å². The predicted molar refractivity (Wildman–Crippen MR) is 152 cm³/mol. The van der Waals surface area contributed by atoms with Gasteiger partial charge in [0, 0.05) is 25.3 Å². The number of anilines is 1. The van der Waals surface area contributed by atoms with Crippen molar-refractivity contribution in [3.8, 4) is 11.5 Å². The van der Waals surface area contributed by atoms with Crippen molar-refractivity contribution in [1.82, 2.24) is 4.90 Å². The summed E-state index contributed by atoms with van der Waals surface area (Å²) in [6.45, 7) is 3.46. The average molecular weight is 535 g/mol. The molecular weight excluding hydrogens is 496 g/mol. The Morgan fingerprint density at radius 1 is 0.872 bits per heavy atom. The van der Waals surface area contributed by atoms with Crippen molar-refractivity contribution in [3.05, 3.63) is 90.0 Å². The molecule has 8 nitrogen and oxygen atoms in total. The molecule has 0 bridgehead atoms. The summed E-state index contributed by atoms with van der Waals surface area (Å²) in [5.41, 5.74) is 2.83. The number of carbonyl (C=O) groups excluding carboxylic acids is 1. The highest BCUT2D eigenvalue weighted by Gasteiger charge is 2.18. The van der Waals surface area contributed by atoms with Gasteiger partial charge in [-0.05, 0) is 73.7 Å². The molecule has 0 spiro atoms. The van der Waals surface area contributed by atoms with Crippen LogP contribution in [0, 0.1) is 0 Å². The molecule has 0 heterocycles. The van der Waals surface area contributed by atoms with Crippen LogP contribution in [0.2, 0.25) is 0 Å². The lowest BCUT2D eigenvalue weighted by molar-refractivity contribution is -0.149. The minimum Gasteiger partial charge on any atom is -0.497 e. The number of aliphatic carboxylic acids is 1. The van der Waals surface area contributed by atoms with E-state index in [1.807, 2.05) is 54.6 Å². The molecule has 0 radical (unpaired) electrons. The van der Waals surface area contributed by atoms with E-state index in [1.54, 1.807) is 31.1 Å². The van der Waals surface area contributed by atoms with Crippen LogP contribution in [0.4, 0.5) is 10.5 Å². The first kappa shape index (κ1) is 29.5. The zero-order valence-electron chi connectivity index (χ0n) is 22.7. The number of carboxylic acids is 1. The molecule has 2 amide bonds. The maximum absolute atomic E-state index is 13.1. The fourth-order valence-electron chi connectivity index (χ4n) is 4.10. The molecule has 2 N–H and O–H groups in total. The molecule has 3 rings (SSSR count). The topological polar surface area (TPSA) is 97.3 Å². The number of rotatable bonds is 16. The van der Waals surface area contributed by atoms with E-state index in [-0.39, 0.29) is 12.5 Å². The third-order valence-electron chi connectivity index (χ3n) is 6.23. The van der Waals surface area contributed by atoms with E-state index in [2.05, 4.69) is 17.4 Å². The predicted octanol–water partition coefficient (Wildman–Crippen LogP) is 5.66. The number of nitrogens with one attached hydrogen (secondary N) is 1. The lowest BCUT2D eigenvalue weighted by Gasteiger charge is -2.23. The highest BCUT2D eigenvalue weighted by Crippen LogP contribution is 2.17. The molecule has 0 saturated carbocycles. The van der Waals surface area contributed by atoms with Crippen molar-refractivity contribution < 1.29 is 28.9 Å². The van der Waals surface area contributed by atoms with Gasteiger partial charge >= 0.3 is 12.0 Å². The SMILES string of the molecule is CCOC(Cc1ccc(OCCN(CCCCc2ccccc2)C(=O)Nc2ccc(OC)cc2)cc1)C(=O)O. The zero-order chi connectivity index (χ0) is 27.9. The third-order valence-corrected chi connectivity index (χ3v) is 6.23. The number of methoxy groups -OCH3 is 1. The average Bonchev–Trinajstić information content (AvgIpc) is 2.95. The Morgan fingerprint density at radius 3 is 2.21 bits per heavy atom. The second-order valence-corrected chi connectivity index (χ2v) is 9.07. The summed E-state index contributed by atoms with van der Waals surface area (Å²) in [5.74, 6) is 0.400. The van der Waals surface area contributed by atoms with E-state index < -0.39 is 12.1 Å². The van der Waals surface area contributed by atoms with Gasteiger partial charge in [0.2, 0.25) is 0 Å². The number of ether oxygens (including phenoxy) is 3. The summed E-state index contributed by atoms with van der Waals surface area (Å²) in [5, 5.41) is 12.3. The molecular formula is C31H38N2O6. The monoisotopic (exact) mass is 534 g/mol. The Morgan fingerprint density at radius 2 is 1.56 bits per heavy atom. The van der Waals surface area contributed by atoms with Gasteiger partial charge in [-0.2, -0.15) is 0 Å². The molecule has 208 valence electrons. The van der Waals surface area contributed by atoms with Gasteiger partial charge < -0.3 is 29.5 Å². The van der Waals surface area contributed by atoms with Crippen molar-refractivity contribution in [2.75, 3.05) is 38.7 Å². The maximum Gasteiger partial charge on any atom is 0.333 e. The van der Waals surface area contributed by atoms with Crippen LogP contribution in [0.15, 0.2) is 78.9 Å². The summed E-state index contributed by atoms with van der Waals surface area (Å²) in [7, 11) is 1.60. The first-order valence-electron chi connectivity index (χ1n) is 13.3. The number of carboxylic acid groups (broad SMARTS) is 1. The number of amides is 2. The van der Waals surface area contributed by atoms with E-state index in [0.29, 0.717) is 37.7 Å². The number of hydrogen-bond donors (Lipinski definition) is 2. The van der Waals surface area contributed by atoms with Crippen LogP contribution in [-0.4, -0.2) is 61.5 Å². The van der Waals surface area contributed by atoms with Gasteiger partial charge in [-0.25, -0.2) is 9.59 Å². The fraction of sp³-hybridized carbons (Fsp3) is 0.355. The van der Waals surface area contributed by atoms with Crippen molar-refractivity contribution >= 4 is 17.7 Å². The summed E-state index contributed by atoms with van der Waals surface area (Å²) in [4.78, 5) is 26.2. The normalized spacial score (nSPS) is 11.4. The quantitative estimate of drug-likeness (QED) is 0.230. The molecule has 3 aromatic rings. The number of hydrogen-bond acceptors (Lipinski definition) is 5. The molecule has 0 aliphatic carbocycles. The fourth-order valence-corrected chi connectivity index (χ4v) is 4.10. The molecule has 1 unspecified atom stereocenters. The number of urea groups is 1. The first-order valence-corrected chi connectivity index (χ1v) is 13.3. The van der Waals surface area contributed by atoms with Crippen molar-refractivity contribution in [3.63, 3.8) is 0 Å². The highest BCUT2D eigenvalue weighted by atomic mass is 16.5.